The predicted octanol–water partition coefficient (Wildman–Crippen LogP) is 5.22. The maximum Gasteiger partial charge on any atom is 0.120 e. The van der Waals surface area contributed by atoms with Crippen LogP contribution < -0.4 is 10.1 Å². The summed E-state index contributed by atoms with van der Waals surface area (Å²) < 4.78 is 5.86. The highest BCUT2D eigenvalue weighted by molar-refractivity contribution is 6.30. The summed E-state index contributed by atoms with van der Waals surface area (Å²) in [7, 11) is 0. The molecule has 0 amide bonds. The third-order valence-corrected chi connectivity index (χ3v) is 3.63. The average molecular weight is 310 g/mol. The van der Waals surface area contributed by atoms with E-state index < -0.39 is 0 Å². The summed E-state index contributed by atoms with van der Waals surface area (Å²) in [6.07, 6.45) is 9.13. The number of allylic oxidation sites excluding steroid dienone is 1. The Balaban J connectivity index is 2.32. The number of nitrogens with one attached hydrogen (secondary N) is 1. The van der Waals surface area contributed by atoms with Gasteiger partial charge in [0.15, 0.2) is 0 Å². The van der Waals surface area contributed by atoms with Gasteiger partial charge in [-0.2, -0.15) is 0 Å². The lowest BCUT2D eigenvalue weighted by molar-refractivity contribution is 0.253. The van der Waals surface area contributed by atoms with Gasteiger partial charge in [-0.3, -0.25) is 0 Å². The molecule has 1 N–H and O–H groups in total. The smallest absolute Gasteiger partial charge is 0.120 e. The van der Waals surface area contributed by atoms with Crippen molar-refractivity contribution in [3.63, 3.8) is 0 Å². The maximum atomic E-state index is 5.97. The van der Waals surface area contributed by atoms with Gasteiger partial charge in [0.05, 0.1) is 0 Å². The number of unbranched alkanes of at least 4 members (excludes halogenated alkanes) is 3. The Kier molecular flexibility index (Phi) is 10.0. The van der Waals surface area contributed by atoms with Crippen molar-refractivity contribution in [2.75, 3.05) is 13.2 Å². The second-order valence-electron chi connectivity index (χ2n) is 5.35. The molecular formula is C18H28ClNO. The van der Waals surface area contributed by atoms with Crippen molar-refractivity contribution in [1.82, 2.24) is 5.32 Å². The van der Waals surface area contributed by atoms with Gasteiger partial charge in [-0.15, -0.1) is 6.58 Å². The van der Waals surface area contributed by atoms with Gasteiger partial charge in [0.1, 0.15) is 12.4 Å². The van der Waals surface area contributed by atoms with Gasteiger partial charge in [0.25, 0.3) is 0 Å². The van der Waals surface area contributed by atoms with E-state index in [0.29, 0.717) is 12.6 Å². The highest BCUT2D eigenvalue weighted by Crippen LogP contribution is 2.17. The summed E-state index contributed by atoms with van der Waals surface area (Å²) in [6.45, 7) is 7.68. The van der Waals surface area contributed by atoms with E-state index in [4.69, 9.17) is 16.3 Å². The monoisotopic (exact) mass is 309 g/mol. The van der Waals surface area contributed by atoms with Gasteiger partial charge >= 0.3 is 0 Å². The highest BCUT2D eigenvalue weighted by atomic mass is 35.5. The number of hydrogen-bond acceptors (Lipinski definition) is 2. The molecule has 1 aromatic carbocycles. The summed E-state index contributed by atoms with van der Waals surface area (Å²) in [5.41, 5.74) is 0. The fourth-order valence-corrected chi connectivity index (χ4v) is 2.38. The van der Waals surface area contributed by atoms with Gasteiger partial charge in [-0.1, -0.05) is 43.5 Å². The van der Waals surface area contributed by atoms with E-state index >= 15 is 0 Å². The first-order chi connectivity index (χ1) is 10.3. The van der Waals surface area contributed by atoms with Crippen molar-refractivity contribution in [3.8, 4) is 5.75 Å². The van der Waals surface area contributed by atoms with Crippen LogP contribution in [0.25, 0.3) is 0 Å². The molecule has 1 rings (SSSR count). The number of hydrogen-bond donors (Lipinski definition) is 1. The lowest BCUT2D eigenvalue weighted by atomic mass is 10.1. The Bertz CT molecular complexity index is 395. The molecule has 0 saturated heterocycles. The van der Waals surface area contributed by atoms with Gasteiger partial charge in [0.2, 0.25) is 0 Å². The molecule has 3 heteroatoms. The standard InChI is InChI=1S/C18H28ClNO/c1-3-5-6-7-8-11-17(20-13-4-2)15-21-18-12-9-10-16(19)14-18/h3,9-10,12,14,17,20H,1,4-8,11,13,15H2,2H3. The molecule has 2 nitrogen and oxygen atoms in total. The largest absolute Gasteiger partial charge is 0.492 e. The molecule has 0 bridgehead atoms. The first kappa shape index (κ1) is 18.1. The molecule has 0 saturated carbocycles. The molecule has 118 valence electrons. The van der Waals surface area contributed by atoms with Gasteiger partial charge < -0.3 is 10.1 Å². The predicted molar refractivity (Wildman–Crippen MR) is 92.3 cm³/mol. The van der Waals surface area contributed by atoms with Gasteiger partial charge in [-0.25, -0.2) is 0 Å². The Labute approximate surface area is 134 Å². The fraction of sp³-hybridized carbons (Fsp3) is 0.556. The third-order valence-electron chi connectivity index (χ3n) is 3.39. The highest BCUT2D eigenvalue weighted by Gasteiger charge is 2.08. The fourth-order valence-electron chi connectivity index (χ4n) is 2.20. The van der Waals surface area contributed by atoms with E-state index in [9.17, 15) is 0 Å². The van der Waals surface area contributed by atoms with E-state index in [1.54, 1.807) is 0 Å². The number of rotatable bonds is 12. The zero-order chi connectivity index (χ0) is 15.3. The van der Waals surface area contributed by atoms with Crippen LogP contribution in [0.5, 0.6) is 5.75 Å². The molecule has 0 fully saturated rings. The molecule has 0 aliphatic rings. The summed E-state index contributed by atoms with van der Waals surface area (Å²) in [6, 6.07) is 8.00. The Morgan fingerprint density at radius 3 is 2.90 bits per heavy atom. The van der Waals surface area contributed by atoms with Crippen LogP contribution in [0.4, 0.5) is 0 Å². The SMILES string of the molecule is C=CCCCCCC(COc1cccc(Cl)c1)NCCC. The molecule has 0 aromatic heterocycles. The summed E-state index contributed by atoms with van der Waals surface area (Å²) in [5, 5.41) is 4.28. The van der Waals surface area contributed by atoms with E-state index in [0.717, 1.165) is 36.6 Å². The first-order valence-electron chi connectivity index (χ1n) is 7.99. The van der Waals surface area contributed by atoms with Crippen molar-refractivity contribution in [2.45, 2.75) is 51.5 Å². The average Bonchev–Trinajstić information content (AvgIpc) is 2.49. The second-order valence-corrected chi connectivity index (χ2v) is 5.78. The minimum Gasteiger partial charge on any atom is -0.492 e. The van der Waals surface area contributed by atoms with E-state index in [1.165, 1.54) is 19.3 Å². The zero-order valence-corrected chi connectivity index (χ0v) is 13.9. The van der Waals surface area contributed by atoms with Crippen LogP contribution in [0, 0.1) is 0 Å². The lowest BCUT2D eigenvalue weighted by Crippen LogP contribution is -2.35. The van der Waals surface area contributed by atoms with Crippen LogP contribution in [0.2, 0.25) is 5.02 Å². The van der Waals surface area contributed by atoms with Crippen LogP contribution in [-0.2, 0) is 0 Å². The van der Waals surface area contributed by atoms with Crippen LogP contribution in [0.15, 0.2) is 36.9 Å². The van der Waals surface area contributed by atoms with Gasteiger partial charge in [0, 0.05) is 11.1 Å². The minimum atomic E-state index is 0.410. The van der Waals surface area contributed by atoms with Crippen LogP contribution in [0.3, 0.4) is 0 Å². The summed E-state index contributed by atoms with van der Waals surface area (Å²) in [4.78, 5) is 0. The molecule has 1 aromatic rings. The molecule has 1 atom stereocenters. The van der Waals surface area contributed by atoms with Crippen molar-refractivity contribution in [2.24, 2.45) is 0 Å². The molecule has 0 aliphatic heterocycles. The minimum absolute atomic E-state index is 0.410. The number of benzene rings is 1. The first-order valence-corrected chi connectivity index (χ1v) is 8.36. The van der Waals surface area contributed by atoms with Crippen LogP contribution >= 0.6 is 11.6 Å². The van der Waals surface area contributed by atoms with Crippen molar-refractivity contribution < 1.29 is 4.74 Å². The van der Waals surface area contributed by atoms with Crippen LogP contribution in [0.1, 0.15) is 45.4 Å². The van der Waals surface area contributed by atoms with Crippen molar-refractivity contribution in [1.29, 1.82) is 0 Å². The third kappa shape index (κ3) is 8.79. The van der Waals surface area contributed by atoms with Crippen molar-refractivity contribution >= 4 is 11.6 Å². The number of halogens is 1. The van der Waals surface area contributed by atoms with Crippen LogP contribution in [-0.4, -0.2) is 19.2 Å². The molecule has 0 aliphatic carbocycles. The molecule has 0 radical (unpaired) electrons. The molecule has 0 spiro atoms. The maximum absolute atomic E-state index is 5.97. The lowest BCUT2D eigenvalue weighted by Gasteiger charge is -2.19. The van der Waals surface area contributed by atoms with E-state index in [2.05, 4.69) is 18.8 Å². The Hall–Kier alpha value is -0.990. The quantitative estimate of drug-likeness (QED) is 0.422. The summed E-state index contributed by atoms with van der Waals surface area (Å²) >= 11 is 5.97. The second kappa shape index (κ2) is 11.6. The number of ether oxygens (including phenoxy) is 1. The van der Waals surface area contributed by atoms with E-state index in [-0.39, 0.29) is 0 Å². The molecule has 21 heavy (non-hydrogen) atoms. The normalized spacial score (nSPS) is 12.1. The molecular weight excluding hydrogens is 282 g/mol. The Morgan fingerprint density at radius 1 is 1.33 bits per heavy atom. The van der Waals surface area contributed by atoms with Gasteiger partial charge in [-0.05, 0) is 50.4 Å². The molecule has 1 unspecified atom stereocenters. The topological polar surface area (TPSA) is 21.3 Å². The zero-order valence-electron chi connectivity index (χ0n) is 13.1. The Morgan fingerprint density at radius 2 is 2.19 bits per heavy atom. The van der Waals surface area contributed by atoms with Crippen molar-refractivity contribution in [3.05, 3.63) is 41.9 Å². The molecule has 0 heterocycles. The summed E-state index contributed by atoms with van der Waals surface area (Å²) in [5.74, 6) is 0.845. The van der Waals surface area contributed by atoms with E-state index in [1.807, 2.05) is 30.3 Å².